The molecule has 0 amide bonds. The van der Waals surface area contributed by atoms with Crippen LogP contribution in [-0.4, -0.2) is 29.3 Å². The highest BCUT2D eigenvalue weighted by Crippen LogP contribution is 2.67. The van der Waals surface area contributed by atoms with Crippen LogP contribution in [0.15, 0.2) is 0 Å². The monoisotopic (exact) mass is 251 g/mol. The van der Waals surface area contributed by atoms with Gasteiger partial charge in [-0.05, 0) is 12.8 Å². The Hall–Kier alpha value is 1.09. The molecule has 0 bridgehead atoms. The minimum absolute atomic E-state index is 0.135. The van der Waals surface area contributed by atoms with Gasteiger partial charge in [0.05, 0.1) is 6.48 Å². The van der Waals surface area contributed by atoms with Crippen LogP contribution < -0.4 is 0 Å². The van der Waals surface area contributed by atoms with Crippen LogP contribution in [0.25, 0.3) is 0 Å². The summed E-state index contributed by atoms with van der Waals surface area (Å²) in [6.45, 7) is 7.39. The van der Waals surface area contributed by atoms with E-state index in [0.717, 1.165) is 0 Å². The predicted octanol–water partition coefficient (Wildman–Crippen LogP) is 4.60. The number of hydrogen-bond acceptors (Lipinski definition) is 3. The maximum atomic E-state index is 2.75. The fraction of sp³-hybridized carbons (Fsp3) is 1.00. The lowest BCUT2D eigenvalue weighted by Crippen LogP contribution is -2.18. The Morgan fingerprint density at radius 2 is 1.50 bits per heavy atom. The first kappa shape index (κ1) is 13.2. The number of nitrogens with zero attached hydrogens (tertiary/aromatic N) is 1. The minimum Gasteiger partial charge on any atom is -0.265 e. The molecule has 1 nitrogen and oxygen atoms in total. The molecule has 0 aromatic carbocycles. The van der Waals surface area contributed by atoms with Gasteiger partial charge >= 0.3 is 0 Å². The molecule has 0 atom stereocenters. The van der Waals surface area contributed by atoms with Crippen molar-refractivity contribution in [2.75, 3.05) is 24.6 Å². The summed E-state index contributed by atoms with van der Waals surface area (Å²) >= 11 is 4.41. The highest BCUT2D eigenvalue weighted by atomic mass is 33.1. The van der Waals surface area contributed by atoms with E-state index in [9.17, 15) is 0 Å². The van der Waals surface area contributed by atoms with E-state index in [1.807, 2.05) is 0 Å². The highest BCUT2D eigenvalue weighted by molar-refractivity contribution is 8.89. The predicted molar refractivity (Wildman–Crippen MR) is 73.2 cm³/mol. The Morgan fingerprint density at radius 3 is 1.93 bits per heavy atom. The van der Waals surface area contributed by atoms with Gasteiger partial charge in [0.15, 0.2) is 0 Å². The molecular weight excluding hydrogens is 229 g/mol. The molecule has 0 aromatic heterocycles. The van der Waals surface area contributed by atoms with Gasteiger partial charge in [0.2, 0.25) is 0 Å². The third kappa shape index (κ3) is 4.74. The molecule has 1 saturated heterocycles. The van der Waals surface area contributed by atoms with Crippen LogP contribution >= 0.6 is 29.2 Å². The topological polar surface area (TPSA) is 3.24 Å². The molecule has 14 heavy (non-hydrogen) atoms. The molecule has 1 fully saturated rings. The Labute approximate surface area is 98.1 Å². The zero-order valence-electron chi connectivity index (χ0n) is 9.37. The molecule has 0 aromatic rings. The van der Waals surface area contributed by atoms with Crippen LogP contribution in [0.4, 0.5) is 0 Å². The van der Waals surface area contributed by atoms with E-state index >= 15 is 0 Å². The Bertz CT molecular complexity index is 132. The largest absolute Gasteiger partial charge is 0.265 e. The molecule has 1 heterocycles. The summed E-state index contributed by atoms with van der Waals surface area (Å²) in [4.78, 5) is 0. The maximum Gasteiger partial charge on any atom is 0.0875 e. The van der Waals surface area contributed by atoms with E-state index in [0.29, 0.717) is 0 Å². The van der Waals surface area contributed by atoms with E-state index in [-0.39, 0.29) is 6.48 Å². The van der Waals surface area contributed by atoms with Crippen LogP contribution in [0.5, 0.6) is 0 Å². The van der Waals surface area contributed by atoms with E-state index in [2.05, 4.69) is 41.3 Å². The third-order valence-corrected chi connectivity index (χ3v) is 10.3. The van der Waals surface area contributed by atoms with Crippen LogP contribution in [-0.2, 0) is 0 Å². The van der Waals surface area contributed by atoms with E-state index in [1.54, 1.807) is 0 Å². The van der Waals surface area contributed by atoms with Crippen molar-refractivity contribution in [3.63, 3.8) is 0 Å². The minimum atomic E-state index is 0.135. The van der Waals surface area contributed by atoms with Crippen LogP contribution in [0, 0.1) is 0 Å². The Balaban J connectivity index is 2.26. The van der Waals surface area contributed by atoms with Crippen molar-refractivity contribution in [2.24, 2.45) is 0 Å². The van der Waals surface area contributed by atoms with Gasteiger partial charge in [0.1, 0.15) is 0 Å². The summed E-state index contributed by atoms with van der Waals surface area (Å²) in [5.41, 5.74) is 0. The van der Waals surface area contributed by atoms with Gasteiger partial charge < -0.3 is 0 Å². The molecule has 1 aliphatic heterocycles. The summed E-state index contributed by atoms with van der Waals surface area (Å²) in [5.74, 6) is 2.76. The van der Waals surface area contributed by atoms with Crippen molar-refractivity contribution in [3.8, 4) is 0 Å². The third-order valence-electron chi connectivity index (χ3n) is 2.26. The normalized spacial score (nSPS) is 18.2. The molecule has 4 heteroatoms. The molecule has 1 rings (SSSR count). The van der Waals surface area contributed by atoms with Gasteiger partial charge in [0.25, 0.3) is 0 Å². The lowest BCUT2D eigenvalue weighted by Gasteiger charge is -2.26. The zero-order valence-corrected chi connectivity index (χ0v) is 11.9. The van der Waals surface area contributed by atoms with Gasteiger partial charge in [-0.25, -0.2) is 0 Å². The fourth-order valence-corrected chi connectivity index (χ4v) is 9.78. The van der Waals surface area contributed by atoms with Crippen molar-refractivity contribution < 1.29 is 0 Å². The van der Waals surface area contributed by atoms with Gasteiger partial charge in [0, 0.05) is 24.6 Å². The molecule has 0 spiro atoms. The molecule has 0 N–H and O–H groups in total. The van der Waals surface area contributed by atoms with Crippen molar-refractivity contribution in [3.05, 3.63) is 0 Å². The van der Waals surface area contributed by atoms with E-state index in [4.69, 9.17) is 0 Å². The maximum absolute atomic E-state index is 2.75. The average molecular weight is 251 g/mol. The first-order valence-electron chi connectivity index (χ1n) is 5.69. The molecule has 0 unspecified atom stereocenters. The SMILES string of the molecule is CCCCN(CCCC)P1SCCS1. The quantitative estimate of drug-likeness (QED) is 0.609. The second-order valence-corrected chi connectivity index (χ2v) is 10.3. The first-order chi connectivity index (χ1) is 6.88. The summed E-state index contributed by atoms with van der Waals surface area (Å²) in [5, 5.41) is 0. The van der Waals surface area contributed by atoms with E-state index in [1.165, 1.54) is 50.3 Å². The Kier molecular flexibility index (Phi) is 7.77. The van der Waals surface area contributed by atoms with Crippen LogP contribution in [0.3, 0.4) is 0 Å². The molecule has 0 aliphatic carbocycles. The molecule has 84 valence electrons. The summed E-state index contributed by atoms with van der Waals surface area (Å²) in [6.07, 6.45) is 5.43. The van der Waals surface area contributed by atoms with E-state index < -0.39 is 0 Å². The molecular formula is C10H22NPS2. The lowest BCUT2D eigenvalue weighted by molar-refractivity contribution is 0.440. The second kappa shape index (κ2) is 8.27. The highest BCUT2D eigenvalue weighted by Gasteiger charge is 2.23. The smallest absolute Gasteiger partial charge is 0.0875 e. The Morgan fingerprint density at radius 1 is 1.00 bits per heavy atom. The number of unbranched alkanes of at least 4 members (excludes halogenated alkanes) is 2. The number of rotatable bonds is 7. The first-order valence-corrected chi connectivity index (χ1v) is 10.2. The van der Waals surface area contributed by atoms with Crippen LogP contribution in [0.2, 0.25) is 0 Å². The van der Waals surface area contributed by atoms with Gasteiger partial charge in [-0.1, -0.05) is 26.7 Å². The van der Waals surface area contributed by atoms with Crippen molar-refractivity contribution >= 4 is 29.2 Å². The van der Waals surface area contributed by atoms with Gasteiger partial charge in [-0.15, -0.1) is 22.8 Å². The average Bonchev–Trinajstić information content (AvgIpc) is 2.71. The van der Waals surface area contributed by atoms with Gasteiger partial charge in [-0.3, -0.25) is 4.67 Å². The summed E-state index contributed by atoms with van der Waals surface area (Å²) < 4.78 is 2.75. The van der Waals surface area contributed by atoms with Crippen molar-refractivity contribution in [1.29, 1.82) is 0 Å². The van der Waals surface area contributed by atoms with Crippen molar-refractivity contribution in [1.82, 2.24) is 4.67 Å². The summed E-state index contributed by atoms with van der Waals surface area (Å²) in [6, 6.07) is 0. The standard InChI is InChI=1S/C10H22NPS2/c1-3-5-7-11(8-6-4-2)12-13-9-10-14-12/h3-10H2,1-2H3. The second-order valence-electron chi connectivity index (χ2n) is 3.57. The number of hydrogen-bond donors (Lipinski definition) is 0. The molecule has 1 aliphatic rings. The lowest BCUT2D eigenvalue weighted by atomic mass is 10.3. The van der Waals surface area contributed by atoms with Crippen LogP contribution in [0.1, 0.15) is 39.5 Å². The molecule has 0 saturated carbocycles. The zero-order chi connectivity index (χ0) is 10.2. The van der Waals surface area contributed by atoms with Gasteiger partial charge in [-0.2, -0.15) is 0 Å². The molecule has 0 radical (unpaired) electrons. The fourth-order valence-electron chi connectivity index (χ4n) is 1.39. The summed E-state index contributed by atoms with van der Waals surface area (Å²) in [7, 11) is 0. The van der Waals surface area contributed by atoms with Crippen molar-refractivity contribution in [2.45, 2.75) is 39.5 Å².